The third kappa shape index (κ3) is 5550. The van der Waals surface area contributed by atoms with Crippen molar-refractivity contribution in [3.05, 3.63) is 39.5 Å². The van der Waals surface area contributed by atoms with E-state index >= 15 is 0 Å². The molecule has 142 valence electrons. The molecule has 0 unspecified atom stereocenters. The second-order valence-electron chi connectivity index (χ2n) is 5.00. The first-order valence-corrected chi connectivity index (χ1v) is 7.83. The summed E-state index contributed by atoms with van der Waals surface area (Å²) in [5, 5.41) is 0. The van der Waals surface area contributed by atoms with E-state index in [1.54, 1.807) is 0 Å². The molecule has 0 aromatic carbocycles. The zero-order valence-electron chi connectivity index (χ0n) is 18.2. The molecule has 23 heavy (non-hydrogen) atoms. The number of hydrogen-bond acceptors (Lipinski definition) is 0. The summed E-state index contributed by atoms with van der Waals surface area (Å²) in [7, 11) is 0. The van der Waals surface area contributed by atoms with Crippen LogP contribution in [0, 0.1) is 39.5 Å². The van der Waals surface area contributed by atoms with E-state index in [4.69, 9.17) is 0 Å². The predicted molar refractivity (Wildman–Crippen MR) is 107 cm³/mol. The fourth-order valence-electron chi connectivity index (χ4n) is 0. The quantitative estimate of drug-likeness (QED) is 0.301. The molecule has 0 aromatic rings. The Morgan fingerprint density at radius 1 is 0.478 bits per heavy atom. The Bertz CT molecular complexity index is 58.5. The molecule has 2 N–H and O–H groups in total. The van der Waals surface area contributed by atoms with Crippen LogP contribution in [0.25, 0.3) is 0 Å². The first-order valence-electron chi connectivity index (χ1n) is 7.83. The van der Waals surface area contributed by atoms with Gasteiger partial charge < -0.3 is 45.0 Å². The van der Waals surface area contributed by atoms with Crippen LogP contribution in [0.15, 0.2) is 0 Å². The smallest absolute Gasteiger partial charge is 0.412 e. The maximum atomic E-state index is 3.49. The molecular weight excluding hydrogens is 352 g/mol. The number of rotatable bonds is 0. The predicted octanol–water partition coefficient (Wildman–Crippen LogP) is 7.33. The summed E-state index contributed by atoms with van der Waals surface area (Å²) < 4.78 is 0. The molecule has 0 aliphatic carbocycles. The Balaban J connectivity index is -0.0000000143. The molecule has 0 aliphatic rings. The second kappa shape index (κ2) is 90.4. The van der Waals surface area contributed by atoms with Crippen molar-refractivity contribution in [3.63, 3.8) is 0 Å². The average molecular weight is 400 g/mol. The Hall–Kier alpha value is 1.39. The fourth-order valence-corrected chi connectivity index (χ4v) is 0. The third-order valence-corrected chi connectivity index (χ3v) is 0. The van der Waals surface area contributed by atoms with Gasteiger partial charge in [-0.05, 0) is 0 Å². The van der Waals surface area contributed by atoms with Crippen LogP contribution >= 0.6 is 0 Å². The van der Waals surface area contributed by atoms with Crippen molar-refractivity contribution < 1.29 is 48.9 Å². The van der Waals surface area contributed by atoms with E-state index in [1.807, 2.05) is 27.7 Å². The van der Waals surface area contributed by atoms with E-state index < -0.39 is 0 Å². The minimum absolute atomic E-state index is 0. The van der Waals surface area contributed by atoms with E-state index in [-0.39, 0.29) is 48.9 Å². The summed E-state index contributed by atoms with van der Waals surface area (Å²) >= 11 is 0. The van der Waals surface area contributed by atoms with E-state index in [2.05, 4.69) is 69.2 Å². The molecule has 0 aliphatic heterocycles. The normalized spacial score (nSPS) is 6.26. The first-order chi connectivity index (χ1) is 9.12. The van der Waals surface area contributed by atoms with Crippen LogP contribution in [0.5, 0.6) is 0 Å². The molecule has 2 radical (unpaired) electrons. The molecule has 0 saturated carbocycles. The van der Waals surface area contributed by atoms with Crippen molar-refractivity contribution >= 4 is 0 Å². The average Bonchev–Trinajstić information content (AvgIpc) is 2.18. The van der Waals surface area contributed by atoms with E-state index in [0.29, 0.717) is 0 Å². The van der Waals surface area contributed by atoms with Crippen LogP contribution in [0.2, 0.25) is 0 Å². The second-order valence-corrected chi connectivity index (χ2v) is 5.00. The van der Waals surface area contributed by atoms with Crippen molar-refractivity contribution in [1.29, 1.82) is 0 Å². The third-order valence-electron chi connectivity index (χ3n) is 0. The van der Waals surface area contributed by atoms with Gasteiger partial charge in [-0.1, -0.05) is 27.7 Å². The van der Waals surface area contributed by atoms with E-state index in [9.17, 15) is 0 Å². The van der Waals surface area contributed by atoms with Crippen molar-refractivity contribution in [2.24, 2.45) is 0 Å². The Kier molecular flexibility index (Phi) is 221. The van der Waals surface area contributed by atoms with Gasteiger partial charge >= 0.3 is 43.4 Å². The van der Waals surface area contributed by atoms with Gasteiger partial charge in [0.15, 0.2) is 0 Å². The maximum Gasteiger partial charge on any atom is 3.00 e. The molecule has 0 atom stereocenters. The first kappa shape index (κ1) is 56.3. The van der Waals surface area contributed by atoms with Gasteiger partial charge in [0.05, 0.1) is 0 Å². The van der Waals surface area contributed by atoms with E-state index in [1.165, 1.54) is 11.8 Å². The van der Waals surface area contributed by atoms with Crippen LogP contribution in [-0.4, -0.2) is 5.48 Å². The van der Waals surface area contributed by atoms with Gasteiger partial charge in [0, 0.05) is 0 Å². The summed E-state index contributed by atoms with van der Waals surface area (Å²) in [6.45, 7) is 34.5. The van der Waals surface area contributed by atoms with Crippen molar-refractivity contribution in [3.8, 4) is 0 Å². The summed E-state index contributed by atoms with van der Waals surface area (Å²) in [6.07, 6.45) is 4.00. The standard InChI is InChI=1S/2C4H9.4C3H7.H2O.2Ti/c2*1-4(2)3;4*1-3-2;;;/h2*1-3H3;4*1,3H2,2H3;1H2;;/q6*-1;;2*+3. The zero-order valence-corrected chi connectivity index (χ0v) is 21.3. The number of hydrogen-bond donors (Lipinski definition) is 0. The molecule has 0 spiro atoms. The van der Waals surface area contributed by atoms with Gasteiger partial charge in [-0.15, -0.1) is 0 Å². The van der Waals surface area contributed by atoms with Crippen molar-refractivity contribution in [2.45, 2.75) is 94.9 Å². The molecule has 1 nitrogen and oxygen atoms in total. The Morgan fingerprint density at radius 3 is 0.478 bits per heavy atom. The van der Waals surface area contributed by atoms with Crippen LogP contribution in [0.3, 0.4) is 0 Å². The van der Waals surface area contributed by atoms with Crippen LogP contribution in [-0.2, 0) is 43.4 Å². The molecule has 0 fully saturated rings. The maximum absolute atomic E-state index is 3.49. The largest absolute Gasteiger partial charge is 3.00 e. The van der Waals surface area contributed by atoms with Gasteiger partial charge in [-0.3, -0.25) is 0 Å². The van der Waals surface area contributed by atoms with Crippen molar-refractivity contribution in [1.82, 2.24) is 0 Å². The van der Waals surface area contributed by atoms with Gasteiger partial charge in [0.1, 0.15) is 0 Å². The molecule has 0 saturated heterocycles. The monoisotopic (exact) mass is 400 g/mol. The summed E-state index contributed by atoms with van der Waals surface area (Å²) in [5.41, 5.74) is 0. The molecule has 0 amide bonds. The van der Waals surface area contributed by atoms with Crippen LogP contribution in [0.1, 0.15) is 94.9 Å². The molecule has 0 bridgehead atoms. The summed E-state index contributed by atoms with van der Waals surface area (Å²) in [4.78, 5) is 0. The van der Waals surface area contributed by atoms with Crippen molar-refractivity contribution in [2.75, 3.05) is 0 Å². The van der Waals surface area contributed by atoms with Crippen LogP contribution in [0.4, 0.5) is 0 Å². The Morgan fingerprint density at radius 2 is 0.478 bits per heavy atom. The summed E-state index contributed by atoms with van der Waals surface area (Å²) in [5.74, 6) is 2.83. The molecule has 0 heterocycles. The zero-order chi connectivity index (χ0) is 18.0. The SMILES string of the molecule is C[C-](C)C.C[C-](C)C.O.[CH2-]CC.[CH2-]CC.[CH2-]CC.[CH2-]CC.[Ti+3].[Ti+3]. The van der Waals surface area contributed by atoms with Gasteiger partial charge in [-0.25, -0.2) is 0 Å². The molecular formula is C20H48OTi2. The topological polar surface area (TPSA) is 31.5 Å². The minimum Gasteiger partial charge on any atom is -0.412 e. The van der Waals surface area contributed by atoms with Gasteiger partial charge in [0.2, 0.25) is 0 Å². The van der Waals surface area contributed by atoms with Gasteiger partial charge in [0.25, 0.3) is 0 Å². The molecule has 3 heteroatoms. The van der Waals surface area contributed by atoms with E-state index in [0.717, 1.165) is 25.7 Å². The van der Waals surface area contributed by atoms with Crippen LogP contribution < -0.4 is 0 Å². The summed E-state index contributed by atoms with van der Waals surface area (Å²) in [6, 6.07) is 0. The molecule has 0 aromatic heterocycles. The minimum atomic E-state index is 0. The molecule has 0 rings (SSSR count). The Labute approximate surface area is 182 Å². The van der Waals surface area contributed by atoms with Gasteiger partial charge in [-0.2, -0.15) is 67.2 Å². The fraction of sp³-hybridized carbons (Fsp3) is 0.700.